The molecular formula is C21H23NO6. The van der Waals surface area contributed by atoms with Crippen LogP contribution in [0.25, 0.3) is 6.08 Å². The molecular weight excluding hydrogens is 362 g/mol. The minimum absolute atomic E-state index is 0.229. The lowest BCUT2D eigenvalue weighted by Crippen LogP contribution is -2.14. The second kappa shape index (κ2) is 9.55. The van der Waals surface area contributed by atoms with E-state index in [0.29, 0.717) is 22.6 Å². The normalized spacial score (nSPS) is 10.7. The van der Waals surface area contributed by atoms with Crippen molar-refractivity contribution in [3.8, 4) is 5.75 Å². The first-order valence-electron chi connectivity index (χ1n) is 8.75. The Balaban J connectivity index is 1.97. The highest BCUT2D eigenvalue weighted by molar-refractivity contribution is 6.03. The maximum atomic E-state index is 12.4. The molecule has 2 rings (SSSR count). The van der Waals surface area contributed by atoms with E-state index in [1.54, 1.807) is 58.2 Å². The van der Waals surface area contributed by atoms with Crippen LogP contribution in [0.15, 0.2) is 30.3 Å². The zero-order chi connectivity index (χ0) is 20.7. The van der Waals surface area contributed by atoms with Gasteiger partial charge in [0.1, 0.15) is 5.75 Å². The summed E-state index contributed by atoms with van der Waals surface area (Å²) in [4.78, 5) is 39.1. The summed E-state index contributed by atoms with van der Waals surface area (Å²) in [7, 11) is 1.57. The molecule has 0 amide bonds. The number of rotatable bonds is 8. The van der Waals surface area contributed by atoms with E-state index in [1.165, 1.54) is 6.08 Å². The molecule has 0 radical (unpaired) electrons. The first-order chi connectivity index (χ1) is 13.4. The fraction of sp³-hybridized carbons (Fsp3) is 0.286. The average molecular weight is 385 g/mol. The van der Waals surface area contributed by atoms with Crippen LogP contribution in [0.4, 0.5) is 0 Å². The monoisotopic (exact) mass is 385 g/mol. The molecule has 1 N–H and O–H groups in total. The number of ether oxygens (including phenoxy) is 3. The van der Waals surface area contributed by atoms with E-state index in [2.05, 4.69) is 4.98 Å². The van der Waals surface area contributed by atoms with E-state index in [4.69, 9.17) is 14.2 Å². The number of hydrogen-bond donors (Lipinski definition) is 1. The largest absolute Gasteiger partial charge is 0.497 e. The van der Waals surface area contributed by atoms with Gasteiger partial charge in [-0.05, 0) is 50.1 Å². The van der Waals surface area contributed by atoms with E-state index in [9.17, 15) is 14.4 Å². The molecule has 0 aliphatic heterocycles. The molecule has 0 bridgehead atoms. The number of aryl methyl sites for hydroxylation is 1. The van der Waals surface area contributed by atoms with Gasteiger partial charge in [0, 0.05) is 11.8 Å². The standard InChI is InChI=1S/C21H23NO6/c1-5-27-21(25)19-13(2)20(22-14(19)3)17(23)12-28-18(24)11-8-15-6-9-16(26-4)10-7-15/h6-11,22H,5,12H2,1-4H3/b11-8+. The summed E-state index contributed by atoms with van der Waals surface area (Å²) in [5.41, 5.74) is 2.36. The van der Waals surface area contributed by atoms with E-state index in [-0.39, 0.29) is 12.3 Å². The van der Waals surface area contributed by atoms with E-state index in [1.807, 2.05) is 0 Å². The fourth-order valence-electron chi connectivity index (χ4n) is 2.67. The van der Waals surface area contributed by atoms with Gasteiger partial charge in [0.15, 0.2) is 6.61 Å². The van der Waals surface area contributed by atoms with Crippen LogP contribution in [0.2, 0.25) is 0 Å². The van der Waals surface area contributed by atoms with Crippen molar-refractivity contribution in [3.63, 3.8) is 0 Å². The maximum absolute atomic E-state index is 12.4. The molecule has 2 aromatic rings. The molecule has 0 saturated carbocycles. The molecule has 0 saturated heterocycles. The molecule has 148 valence electrons. The topological polar surface area (TPSA) is 94.7 Å². The Hall–Kier alpha value is -3.35. The number of hydrogen-bond acceptors (Lipinski definition) is 6. The third-order valence-electron chi connectivity index (χ3n) is 4.07. The van der Waals surface area contributed by atoms with Crippen LogP contribution in [0.1, 0.15) is 44.6 Å². The second-order valence-corrected chi connectivity index (χ2v) is 5.98. The van der Waals surface area contributed by atoms with Gasteiger partial charge >= 0.3 is 11.9 Å². The van der Waals surface area contributed by atoms with Crippen molar-refractivity contribution in [1.82, 2.24) is 4.98 Å². The number of nitrogens with one attached hydrogen (secondary N) is 1. The van der Waals surface area contributed by atoms with Crippen LogP contribution in [0.5, 0.6) is 5.75 Å². The quantitative estimate of drug-likeness (QED) is 0.426. The van der Waals surface area contributed by atoms with Crippen molar-refractivity contribution in [2.45, 2.75) is 20.8 Å². The number of H-pyrrole nitrogens is 1. The van der Waals surface area contributed by atoms with Crippen LogP contribution in [-0.2, 0) is 14.3 Å². The Labute approximate surface area is 163 Å². The Kier molecular flexibility index (Phi) is 7.14. The zero-order valence-electron chi connectivity index (χ0n) is 16.3. The molecule has 1 aromatic heterocycles. The third kappa shape index (κ3) is 5.09. The van der Waals surface area contributed by atoms with Crippen LogP contribution < -0.4 is 4.74 Å². The summed E-state index contributed by atoms with van der Waals surface area (Å²) in [6, 6.07) is 7.11. The van der Waals surface area contributed by atoms with Gasteiger partial charge in [0.05, 0.1) is 25.0 Å². The highest BCUT2D eigenvalue weighted by Crippen LogP contribution is 2.19. The number of ketones is 1. The summed E-state index contributed by atoms with van der Waals surface area (Å²) in [6.45, 7) is 4.84. The average Bonchev–Trinajstić information content (AvgIpc) is 2.99. The molecule has 0 atom stereocenters. The van der Waals surface area contributed by atoms with Crippen molar-refractivity contribution in [2.75, 3.05) is 20.3 Å². The molecule has 0 unspecified atom stereocenters. The Morgan fingerprint density at radius 2 is 1.75 bits per heavy atom. The molecule has 7 heteroatoms. The van der Waals surface area contributed by atoms with Gasteiger partial charge in [-0.2, -0.15) is 0 Å². The predicted octanol–water partition coefficient (Wildman–Crippen LogP) is 3.26. The summed E-state index contributed by atoms with van der Waals surface area (Å²) in [5, 5.41) is 0. The SMILES string of the molecule is CCOC(=O)c1c(C)[nH]c(C(=O)COC(=O)/C=C/c2ccc(OC)cc2)c1C. The van der Waals surface area contributed by atoms with Crippen LogP contribution in [0.3, 0.4) is 0 Å². The number of esters is 2. The van der Waals surface area contributed by atoms with Crippen molar-refractivity contribution in [2.24, 2.45) is 0 Å². The van der Waals surface area contributed by atoms with Gasteiger partial charge in [0.2, 0.25) is 5.78 Å². The summed E-state index contributed by atoms with van der Waals surface area (Å²) in [5.74, 6) is -0.852. The summed E-state index contributed by atoms with van der Waals surface area (Å²) in [6.07, 6.45) is 2.82. The van der Waals surface area contributed by atoms with Crippen LogP contribution in [0, 0.1) is 13.8 Å². The minimum Gasteiger partial charge on any atom is -0.497 e. The molecule has 28 heavy (non-hydrogen) atoms. The predicted molar refractivity (Wildman–Crippen MR) is 104 cm³/mol. The van der Waals surface area contributed by atoms with E-state index in [0.717, 1.165) is 5.56 Å². The molecule has 0 aliphatic rings. The van der Waals surface area contributed by atoms with Gasteiger partial charge < -0.3 is 19.2 Å². The molecule has 0 spiro atoms. The molecule has 1 aromatic carbocycles. The molecule has 0 aliphatic carbocycles. The number of benzene rings is 1. The van der Waals surface area contributed by atoms with Crippen LogP contribution >= 0.6 is 0 Å². The second-order valence-electron chi connectivity index (χ2n) is 5.98. The molecule has 7 nitrogen and oxygen atoms in total. The number of methoxy groups -OCH3 is 1. The fourth-order valence-corrected chi connectivity index (χ4v) is 2.67. The van der Waals surface area contributed by atoms with Gasteiger partial charge in [-0.3, -0.25) is 4.79 Å². The molecule has 0 fully saturated rings. The number of aromatic nitrogens is 1. The number of carbonyl (C=O) groups is 3. The highest BCUT2D eigenvalue weighted by Gasteiger charge is 2.23. The highest BCUT2D eigenvalue weighted by atomic mass is 16.5. The number of aromatic amines is 1. The molecule has 1 heterocycles. The Morgan fingerprint density at radius 3 is 2.36 bits per heavy atom. The van der Waals surface area contributed by atoms with E-state index >= 15 is 0 Å². The number of Topliss-reactive ketones (excluding diaryl/α,β-unsaturated/α-hetero) is 1. The summed E-state index contributed by atoms with van der Waals surface area (Å²) >= 11 is 0. The van der Waals surface area contributed by atoms with Gasteiger partial charge in [0.25, 0.3) is 0 Å². The maximum Gasteiger partial charge on any atom is 0.340 e. The lowest BCUT2D eigenvalue weighted by Gasteiger charge is -2.03. The van der Waals surface area contributed by atoms with Crippen LogP contribution in [-0.4, -0.2) is 43.0 Å². The minimum atomic E-state index is -0.643. The smallest absolute Gasteiger partial charge is 0.340 e. The summed E-state index contributed by atoms with van der Waals surface area (Å²) < 4.78 is 15.1. The third-order valence-corrected chi connectivity index (χ3v) is 4.07. The lowest BCUT2D eigenvalue weighted by atomic mass is 10.1. The van der Waals surface area contributed by atoms with E-state index < -0.39 is 24.3 Å². The Morgan fingerprint density at radius 1 is 1.07 bits per heavy atom. The lowest BCUT2D eigenvalue weighted by molar-refractivity contribution is -0.136. The van der Waals surface area contributed by atoms with Crippen molar-refractivity contribution >= 4 is 23.8 Å². The first-order valence-corrected chi connectivity index (χ1v) is 8.75. The first kappa shape index (κ1) is 21.0. The van der Waals surface area contributed by atoms with Gasteiger partial charge in [-0.25, -0.2) is 9.59 Å². The Bertz CT molecular complexity index is 892. The van der Waals surface area contributed by atoms with Crippen molar-refractivity contribution in [1.29, 1.82) is 0 Å². The number of carbonyl (C=O) groups excluding carboxylic acids is 3. The van der Waals surface area contributed by atoms with Gasteiger partial charge in [-0.15, -0.1) is 0 Å². The van der Waals surface area contributed by atoms with Gasteiger partial charge in [-0.1, -0.05) is 12.1 Å². The van der Waals surface area contributed by atoms with Crippen molar-refractivity contribution < 1.29 is 28.6 Å². The van der Waals surface area contributed by atoms with Crippen molar-refractivity contribution in [3.05, 3.63) is 58.4 Å². The zero-order valence-corrected chi connectivity index (χ0v) is 16.3.